The molecule has 168 valence electrons. The highest BCUT2D eigenvalue weighted by Crippen LogP contribution is 2.30. The summed E-state index contributed by atoms with van der Waals surface area (Å²) in [5.74, 6) is 1.57. The second-order valence-electron chi connectivity index (χ2n) is 7.79. The standard InChI is InChI=1S/C27H19Cl2N3O2/c1-16-6-7-17(14-22(16)29)25-12-9-19(34-25)10-13-26(33)30-18-8-11-21(28)20(15-18)27-31-23-4-2-3-5-24(23)32-27/h2-15H,1H3,(H,30,33)(H,31,32). The van der Waals surface area contributed by atoms with E-state index < -0.39 is 0 Å². The van der Waals surface area contributed by atoms with E-state index in [0.717, 1.165) is 22.2 Å². The maximum atomic E-state index is 12.5. The zero-order valence-electron chi connectivity index (χ0n) is 18.1. The van der Waals surface area contributed by atoms with Crippen molar-refractivity contribution < 1.29 is 9.21 Å². The van der Waals surface area contributed by atoms with E-state index in [2.05, 4.69) is 15.3 Å². The second kappa shape index (κ2) is 9.21. The van der Waals surface area contributed by atoms with Gasteiger partial charge >= 0.3 is 0 Å². The van der Waals surface area contributed by atoms with E-state index in [-0.39, 0.29) is 5.91 Å². The number of halogens is 2. The molecule has 1 amide bonds. The lowest BCUT2D eigenvalue weighted by atomic mass is 10.1. The molecule has 3 aromatic carbocycles. The minimum Gasteiger partial charge on any atom is -0.457 e. The third-order valence-corrected chi connectivity index (χ3v) is 6.10. The Morgan fingerprint density at radius 3 is 2.68 bits per heavy atom. The number of furan rings is 1. The number of benzene rings is 3. The Balaban J connectivity index is 1.31. The number of rotatable bonds is 5. The monoisotopic (exact) mass is 487 g/mol. The largest absolute Gasteiger partial charge is 0.457 e. The van der Waals surface area contributed by atoms with Gasteiger partial charge in [0, 0.05) is 27.9 Å². The fourth-order valence-corrected chi connectivity index (χ4v) is 3.94. The lowest BCUT2D eigenvalue weighted by Gasteiger charge is -2.06. The minimum absolute atomic E-state index is 0.297. The summed E-state index contributed by atoms with van der Waals surface area (Å²) in [7, 11) is 0. The first-order valence-corrected chi connectivity index (χ1v) is 11.3. The molecule has 0 bridgehead atoms. The maximum absolute atomic E-state index is 12.5. The molecule has 2 aromatic heterocycles. The lowest BCUT2D eigenvalue weighted by molar-refractivity contribution is -0.111. The predicted molar refractivity (Wildman–Crippen MR) is 138 cm³/mol. The average molecular weight is 488 g/mol. The third kappa shape index (κ3) is 4.62. The number of amides is 1. The predicted octanol–water partition coefficient (Wildman–Crippen LogP) is 7.76. The molecule has 5 rings (SSSR count). The summed E-state index contributed by atoms with van der Waals surface area (Å²) in [5, 5.41) is 4.06. The molecule has 5 nitrogen and oxygen atoms in total. The summed E-state index contributed by atoms with van der Waals surface area (Å²) < 4.78 is 5.83. The molecule has 0 unspecified atom stereocenters. The fraction of sp³-hybridized carbons (Fsp3) is 0.0370. The van der Waals surface area contributed by atoms with Gasteiger partial charge < -0.3 is 14.7 Å². The van der Waals surface area contributed by atoms with Crippen molar-refractivity contribution in [1.82, 2.24) is 9.97 Å². The minimum atomic E-state index is -0.297. The van der Waals surface area contributed by atoms with Crippen molar-refractivity contribution in [2.45, 2.75) is 6.92 Å². The Morgan fingerprint density at radius 2 is 1.85 bits per heavy atom. The van der Waals surface area contributed by atoms with Crippen LogP contribution in [0, 0.1) is 6.92 Å². The van der Waals surface area contributed by atoms with Crippen LogP contribution in [0.25, 0.3) is 39.8 Å². The number of hydrogen-bond donors (Lipinski definition) is 2. The normalized spacial score (nSPS) is 11.4. The van der Waals surface area contributed by atoms with Crippen LogP contribution in [-0.2, 0) is 4.79 Å². The number of carbonyl (C=O) groups is 1. The van der Waals surface area contributed by atoms with Gasteiger partial charge in [0.15, 0.2) is 0 Å². The van der Waals surface area contributed by atoms with Gasteiger partial charge in [-0.05, 0) is 67.1 Å². The first kappa shape index (κ1) is 22.0. The van der Waals surface area contributed by atoms with Crippen molar-refractivity contribution in [3.05, 3.63) is 100 Å². The van der Waals surface area contributed by atoms with E-state index in [0.29, 0.717) is 38.6 Å². The number of fused-ring (bicyclic) bond motifs is 1. The number of nitrogens with zero attached hydrogens (tertiary/aromatic N) is 1. The van der Waals surface area contributed by atoms with Crippen molar-refractivity contribution in [2.24, 2.45) is 0 Å². The Hall–Kier alpha value is -3.80. The van der Waals surface area contributed by atoms with Crippen LogP contribution in [-0.4, -0.2) is 15.9 Å². The molecule has 5 aromatic rings. The van der Waals surface area contributed by atoms with Crippen molar-refractivity contribution in [1.29, 1.82) is 0 Å². The topological polar surface area (TPSA) is 70.9 Å². The average Bonchev–Trinajstić information content (AvgIpc) is 3.48. The first-order valence-electron chi connectivity index (χ1n) is 10.6. The molecule has 2 heterocycles. The maximum Gasteiger partial charge on any atom is 0.248 e. The fourth-order valence-electron chi connectivity index (χ4n) is 3.55. The molecular weight excluding hydrogens is 469 g/mol. The van der Waals surface area contributed by atoms with Gasteiger partial charge in [-0.1, -0.05) is 47.5 Å². The Kier molecular flexibility index (Phi) is 5.97. The van der Waals surface area contributed by atoms with Crippen molar-refractivity contribution in [3.8, 4) is 22.7 Å². The van der Waals surface area contributed by atoms with Crippen molar-refractivity contribution in [2.75, 3.05) is 5.32 Å². The first-order chi connectivity index (χ1) is 16.5. The molecule has 0 atom stereocenters. The van der Waals surface area contributed by atoms with Gasteiger partial charge in [0.25, 0.3) is 0 Å². The van der Waals surface area contributed by atoms with Crippen molar-refractivity contribution in [3.63, 3.8) is 0 Å². The van der Waals surface area contributed by atoms with E-state index in [9.17, 15) is 4.79 Å². The molecule has 0 saturated heterocycles. The van der Waals surface area contributed by atoms with Crippen LogP contribution in [0.5, 0.6) is 0 Å². The molecule has 0 radical (unpaired) electrons. The van der Waals surface area contributed by atoms with E-state index >= 15 is 0 Å². The molecule has 34 heavy (non-hydrogen) atoms. The summed E-state index contributed by atoms with van der Waals surface area (Å²) in [6.45, 7) is 1.95. The summed E-state index contributed by atoms with van der Waals surface area (Å²) in [6, 6.07) is 22.4. The van der Waals surface area contributed by atoms with Crippen LogP contribution >= 0.6 is 23.2 Å². The van der Waals surface area contributed by atoms with E-state index in [1.54, 1.807) is 30.3 Å². The summed E-state index contributed by atoms with van der Waals surface area (Å²) in [5.41, 5.74) is 4.93. The van der Waals surface area contributed by atoms with Gasteiger partial charge in [-0.3, -0.25) is 4.79 Å². The van der Waals surface area contributed by atoms with E-state index in [1.165, 1.54) is 6.08 Å². The number of hydrogen-bond acceptors (Lipinski definition) is 3. The molecular formula is C27H19Cl2N3O2. The van der Waals surface area contributed by atoms with Crippen LogP contribution in [0.3, 0.4) is 0 Å². The van der Waals surface area contributed by atoms with Crippen LogP contribution in [0.1, 0.15) is 11.3 Å². The van der Waals surface area contributed by atoms with Crippen LogP contribution in [0.4, 0.5) is 5.69 Å². The Morgan fingerprint density at radius 1 is 1.00 bits per heavy atom. The van der Waals surface area contributed by atoms with Crippen LogP contribution in [0.2, 0.25) is 10.0 Å². The summed E-state index contributed by atoms with van der Waals surface area (Å²) >= 11 is 12.6. The van der Waals surface area contributed by atoms with E-state index in [1.807, 2.05) is 55.5 Å². The SMILES string of the molecule is Cc1ccc(-c2ccc(C=CC(=O)Nc3ccc(Cl)c(-c4nc5ccccc5[nH]4)c3)o2)cc1Cl. The number of H-pyrrole nitrogens is 1. The second-order valence-corrected chi connectivity index (χ2v) is 8.60. The quantitative estimate of drug-likeness (QED) is 0.249. The molecule has 2 N–H and O–H groups in total. The zero-order chi connectivity index (χ0) is 23.7. The lowest BCUT2D eigenvalue weighted by Crippen LogP contribution is -2.07. The highest BCUT2D eigenvalue weighted by Gasteiger charge is 2.11. The molecule has 0 fully saturated rings. The highest BCUT2D eigenvalue weighted by atomic mass is 35.5. The number of para-hydroxylation sites is 2. The van der Waals surface area contributed by atoms with Gasteiger partial charge in [0.1, 0.15) is 17.3 Å². The highest BCUT2D eigenvalue weighted by molar-refractivity contribution is 6.33. The zero-order valence-corrected chi connectivity index (χ0v) is 19.6. The van der Waals surface area contributed by atoms with Crippen LogP contribution < -0.4 is 5.32 Å². The van der Waals surface area contributed by atoms with E-state index in [4.69, 9.17) is 27.6 Å². The number of aromatic nitrogens is 2. The van der Waals surface area contributed by atoms with Gasteiger partial charge in [-0.25, -0.2) is 4.98 Å². The van der Waals surface area contributed by atoms with Gasteiger partial charge in [-0.2, -0.15) is 0 Å². The Labute approximate surface area is 206 Å². The number of aryl methyl sites for hydroxylation is 1. The third-order valence-electron chi connectivity index (χ3n) is 5.36. The number of anilines is 1. The molecule has 0 saturated carbocycles. The molecule has 0 aliphatic carbocycles. The van der Waals surface area contributed by atoms with Crippen molar-refractivity contribution >= 4 is 51.9 Å². The molecule has 0 aliphatic heterocycles. The number of aromatic amines is 1. The number of carbonyl (C=O) groups excluding carboxylic acids is 1. The summed E-state index contributed by atoms with van der Waals surface area (Å²) in [4.78, 5) is 20.4. The van der Waals surface area contributed by atoms with Gasteiger partial charge in [0.05, 0.1) is 16.1 Å². The smallest absolute Gasteiger partial charge is 0.248 e. The molecule has 0 aliphatic rings. The van der Waals surface area contributed by atoms with Gasteiger partial charge in [0.2, 0.25) is 5.91 Å². The van der Waals surface area contributed by atoms with Gasteiger partial charge in [-0.15, -0.1) is 0 Å². The summed E-state index contributed by atoms with van der Waals surface area (Å²) in [6.07, 6.45) is 3.03. The van der Waals surface area contributed by atoms with Crippen LogP contribution in [0.15, 0.2) is 83.3 Å². The molecule has 0 spiro atoms. The number of imidazole rings is 1. The Bertz CT molecular complexity index is 1520. The number of nitrogens with one attached hydrogen (secondary N) is 2. The molecule has 7 heteroatoms.